The number of nitrogens with zero attached hydrogens (tertiary/aromatic N) is 2. The van der Waals surface area contributed by atoms with Crippen molar-refractivity contribution in [2.75, 3.05) is 11.1 Å². The van der Waals surface area contributed by atoms with E-state index in [-0.39, 0.29) is 11.2 Å². The molecule has 0 saturated carbocycles. The average molecular weight is 315 g/mol. The number of benzene rings is 1. The SMILES string of the molecule is CC(Sc1ncns1)C(=O)Nc1ccc(N)cc1Cl. The molecule has 1 aromatic heterocycles. The van der Waals surface area contributed by atoms with Crippen LogP contribution < -0.4 is 11.1 Å². The highest BCUT2D eigenvalue weighted by Gasteiger charge is 2.17. The molecule has 2 rings (SSSR count). The van der Waals surface area contributed by atoms with Crippen molar-refractivity contribution in [3.8, 4) is 0 Å². The number of hydrogen-bond acceptors (Lipinski definition) is 6. The zero-order valence-corrected chi connectivity index (χ0v) is 12.4. The van der Waals surface area contributed by atoms with Gasteiger partial charge < -0.3 is 11.1 Å². The molecule has 19 heavy (non-hydrogen) atoms. The Kier molecular flexibility index (Phi) is 4.62. The van der Waals surface area contributed by atoms with E-state index in [1.54, 1.807) is 25.1 Å². The van der Waals surface area contributed by atoms with Crippen LogP contribution in [0, 0.1) is 0 Å². The van der Waals surface area contributed by atoms with Gasteiger partial charge in [-0.05, 0) is 36.7 Å². The lowest BCUT2D eigenvalue weighted by Gasteiger charge is -2.11. The van der Waals surface area contributed by atoms with Crippen molar-refractivity contribution in [2.45, 2.75) is 16.5 Å². The molecule has 5 nitrogen and oxygen atoms in total. The Morgan fingerprint density at radius 3 is 3.00 bits per heavy atom. The van der Waals surface area contributed by atoms with Gasteiger partial charge in [-0.1, -0.05) is 23.4 Å². The molecular weight excluding hydrogens is 304 g/mol. The van der Waals surface area contributed by atoms with Crippen molar-refractivity contribution in [1.82, 2.24) is 9.36 Å². The van der Waals surface area contributed by atoms with Crippen molar-refractivity contribution < 1.29 is 4.79 Å². The maximum atomic E-state index is 12.0. The smallest absolute Gasteiger partial charge is 0.237 e. The standard InChI is InChI=1S/C11H11ClN4OS2/c1-6(18-11-14-5-15-19-11)10(17)16-9-3-2-7(13)4-8(9)12/h2-6H,13H2,1H3,(H,16,17). The number of halogens is 1. The molecule has 0 aliphatic carbocycles. The van der Waals surface area contributed by atoms with Crippen LogP contribution in [-0.4, -0.2) is 20.5 Å². The third-order valence-corrected chi connectivity index (χ3v) is 4.40. The first kappa shape index (κ1) is 14.1. The summed E-state index contributed by atoms with van der Waals surface area (Å²) in [6, 6.07) is 4.96. The fourth-order valence-electron chi connectivity index (χ4n) is 1.29. The number of rotatable bonds is 4. The summed E-state index contributed by atoms with van der Waals surface area (Å²) in [7, 11) is 0. The molecule has 0 saturated heterocycles. The van der Waals surface area contributed by atoms with Gasteiger partial charge in [0, 0.05) is 5.69 Å². The van der Waals surface area contributed by atoms with Gasteiger partial charge in [-0.3, -0.25) is 4.79 Å². The minimum atomic E-state index is -0.290. The molecule has 0 fully saturated rings. The number of amides is 1. The first-order valence-electron chi connectivity index (χ1n) is 5.35. The molecule has 1 aromatic carbocycles. The number of hydrogen-bond donors (Lipinski definition) is 2. The predicted octanol–water partition coefficient (Wildman–Crippen LogP) is 2.89. The van der Waals surface area contributed by atoms with Gasteiger partial charge in [0.1, 0.15) is 6.33 Å². The maximum Gasteiger partial charge on any atom is 0.237 e. The van der Waals surface area contributed by atoms with Crippen LogP contribution in [0.3, 0.4) is 0 Å². The largest absolute Gasteiger partial charge is 0.399 e. The zero-order chi connectivity index (χ0) is 13.8. The Labute approximate surface area is 123 Å². The number of nitrogen functional groups attached to an aromatic ring is 1. The van der Waals surface area contributed by atoms with E-state index < -0.39 is 0 Å². The van der Waals surface area contributed by atoms with E-state index in [4.69, 9.17) is 17.3 Å². The molecule has 0 radical (unpaired) electrons. The summed E-state index contributed by atoms with van der Waals surface area (Å²) in [6.45, 7) is 1.80. The van der Waals surface area contributed by atoms with Crippen LogP contribution in [-0.2, 0) is 4.79 Å². The summed E-state index contributed by atoms with van der Waals surface area (Å²) in [5.41, 5.74) is 6.70. The highest BCUT2D eigenvalue weighted by Crippen LogP contribution is 2.27. The summed E-state index contributed by atoms with van der Waals surface area (Å²) < 4.78 is 4.64. The van der Waals surface area contributed by atoms with Crippen molar-refractivity contribution in [3.05, 3.63) is 29.5 Å². The third-order valence-electron chi connectivity index (χ3n) is 2.24. The summed E-state index contributed by atoms with van der Waals surface area (Å²) in [6.07, 6.45) is 1.47. The zero-order valence-electron chi connectivity index (χ0n) is 9.96. The Balaban J connectivity index is 2.00. The average Bonchev–Trinajstić information content (AvgIpc) is 2.85. The molecule has 100 valence electrons. The molecule has 3 N–H and O–H groups in total. The van der Waals surface area contributed by atoms with Gasteiger partial charge in [0.25, 0.3) is 0 Å². The molecule has 0 bridgehead atoms. The van der Waals surface area contributed by atoms with Crippen LogP contribution in [0.5, 0.6) is 0 Å². The van der Waals surface area contributed by atoms with Crippen molar-refractivity contribution in [3.63, 3.8) is 0 Å². The van der Waals surface area contributed by atoms with Gasteiger partial charge in [-0.15, -0.1) is 0 Å². The number of carbonyl (C=O) groups excluding carboxylic acids is 1. The lowest BCUT2D eigenvalue weighted by molar-refractivity contribution is -0.115. The van der Waals surface area contributed by atoms with Crippen LogP contribution in [0.2, 0.25) is 5.02 Å². The maximum absolute atomic E-state index is 12.0. The summed E-state index contributed by atoms with van der Waals surface area (Å²) in [5, 5.41) is 2.89. The summed E-state index contributed by atoms with van der Waals surface area (Å²) in [5.74, 6) is -0.146. The van der Waals surface area contributed by atoms with Gasteiger partial charge in [0.05, 0.1) is 16.0 Å². The second-order valence-electron chi connectivity index (χ2n) is 3.70. The molecule has 2 aromatic rings. The fraction of sp³-hybridized carbons (Fsp3) is 0.182. The Morgan fingerprint density at radius 1 is 1.58 bits per heavy atom. The molecule has 1 heterocycles. The molecular formula is C11H11ClN4OS2. The molecule has 0 aliphatic rings. The van der Waals surface area contributed by atoms with Crippen molar-refractivity contribution in [2.24, 2.45) is 0 Å². The minimum absolute atomic E-state index is 0.146. The van der Waals surface area contributed by atoms with E-state index in [0.717, 1.165) is 4.34 Å². The van der Waals surface area contributed by atoms with Gasteiger partial charge in [-0.2, -0.15) is 4.37 Å². The topological polar surface area (TPSA) is 80.9 Å². The molecule has 1 unspecified atom stereocenters. The van der Waals surface area contributed by atoms with E-state index >= 15 is 0 Å². The second kappa shape index (κ2) is 6.23. The minimum Gasteiger partial charge on any atom is -0.399 e. The first-order valence-corrected chi connectivity index (χ1v) is 7.38. The van der Waals surface area contributed by atoms with Crippen LogP contribution in [0.1, 0.15) is 6.92 Å². The van der Waals surface area contributed by atoms with Gasteiger partial charge >= 0.3 is 0 Å². The Hall–Kier alpha value is -1.31. The third kappa shape index (κ3) is 3.82. The number of carbonyl (C=O) groups is 1. The summed E-state index contributed by atoms with van der Waals surface area (Å²) in [4.78, 5) is 16.0. The predicted molar refractivity (Wildman–Crippen MR) is 79.7 cm³/mol. The van der Waals surface area contributed by atoms with Crippen LogP contribution in [0.25, 0.3) is 0 Å². The fourth-order valence-corrected chi connectivity index (χ4v) is 3.11. The number of anilines is 2. The monoisotopic (exact) mass is 314 g/mol. The quantitative estimate of drug-likeness (QED) is 0.670. The number of nitrogens with one attached hydrogen (secondary N) is 1. The normalized spacial score (nSPS) is 12.1. The van der Waals surface area contributed by atoms with Crippen molar-refractivity contribution in [1.29, 1.82) is 0 Å². The van der Waals surface area contributed by atoms with Crippen LogP contribution >= 0.6 is 34.9 Å². The molecule has 1 atom stereocenters. The molecule has 8 heteroatoms. The van der Waals surface area contributed by atoms with E-state index in [9.17, 15) is 4.79 Å². The van der Waals surface area contributed by atoms with Gasteiger partial charge in [0.15, 0.2) is 4.34 Å². The van der Waals surface area contributed by atoms with Gasteiger partial charge in [0.2, 0.25) is 5.91 Å². The lowest BCUT2D eigenvalue weighted by atomic mass is 10.2. The van der Waals surface area contributed by atoms with Crippen LogP contribution in [0.15, 0.2) is 28.9 Å². The van der Waals surface area contributed by atoms with E-state index in [1.165, 1.54) is 29.6 Å². The molecule has 1 amide bonds. The molecule has 0 aliphatic heterocycles. The van der Waals surface area contributed by atoms with Gasteiger partial charge in [-0.25, -0.2) is 4.98 Å². The first-order chi connectivity index (χ1) is 9.06. The second-order valence-corrected chi connectivity index (χ2v) is 6.47. The number of thioether (sulfide) groups is 1. The Morgan fingerprint density at radius 2 is 2.37 bits per heavy atom. The highest BCUT2D eigenvalue weighted by molar-refractivity contribution is 8.02. The number of aromatic nitrogens is 2. The number of nitrogens with two attached hydrogens (primary N) is 1. The lowest BCUT2D eigenvalue weighted by Crippen LogP contribution is -2.22. The van der Waals surface area contributed by atoms with Crippen LogP contribution in [0.4, 0.5) is 11.4 Å². The van der Waals surface area contributed by atoms with E-state index in [0.29, 0.717) is 16.4 Å². The van der Waals surface area contributed by atoms with E-state index in [1.807, 2.05) is 0 Å². The van der Waals surface area contributed by atoms with E-state index in [2.05, 4.69) is 14.7 Å². The van der Waals surface area contributed by atoms with Crippen molar-refractivity contribution >= 4 is 52.2 Å². The summed E-state index contributed by atoms with van der Waals surface area (Å²) >= 11 is 8.61. The Bertz CT molecular complexity index is 576. The molecule has 0 spiro atoms. The highest BCUT2D eigenvalue weighted by atomic mass is 35.5.